The van der Waals surface area contributed by atoms with Crippen LogP contribution in [0.2, 0.25) is 0 Å². The minimum Gasteiger partial charge on any atom is -0.421 e. The highest BCUT2D eigenvalue weighted by atomic mass is 16.4. The molecule has 1 amide bonds. The van der Waals surface area contributed by atoms with Crippen LogP contribution in [0.15, 0.2) is 40.3 Å². The Morgan fingerprint density at radius 1 is 1.25 bits per heavy atom. The number of rotatable bonds is 4. The molecule has 1 saturated carbocycles. The third kappa shape index (κ3) is 2.98. The maximum absolute atomic E-state index is 12.8. The van der Waals surface area contributed by atoms with Gasteiger partial charge in [-0.1, -0.05) is 37.6 Å². The van der Waals surface area contributed by atoms with E-state index in [0.717, 1.165) is 5.56 Å². The molecule has 2 aromatic rings. The molecule has 1 aromatic carbocycles. The van der Waals surface area contributed by atoms with Gasteiger partial charge >= 0.3 is 0 Å². The number of nitrogens with one attached hydrogen (secondary N) is 1. The van der Waals surface area contributed by atoms with E-state index in [2.05, 4.69) is 49.3 Å². The predicted molar refractivity (Wildman–Crippen MR) is 93.3 cm³/mol. The highest BCUT2D eigenvalue weighted by Gasteiger charge is 2.60. The first-order valence-electron chi connectivity index (χ1n) is 8.16. The van der Waals surface area contributed by atoms with E-state index in [0.29, 0.717) is 17.5 Å². The molecule has 2 atom stereocenters. The summed E-state index contributed by atoms with van der Waals surface area (Å²) >= 11 is 0. The van der Waals surface area contributed by atoms with Crippen molar-refractivity contribution in [2.45, 2.75) is 34.6 Å². The lowest BCUT2D eigenvalue weighted by Crippen LogP contribution is -2.17. The Hall–Kier alpha value is -2.43. The third-order valence-electron chi connectivity index (χ3n) is 4.65. The van der Waals surface area contributed by atoms with Crippen LogP contribution in [0.4, 0.5) is 5.69 Å². The lowest BCUT2D eigenvalue weighted by atomic mass is 10.1. The van der Waals surface area contributed by atoms with Gasteiger partial charge in [-0.25, -0.2) is 0 Å². The molecular weight excluding hydrogens is 302 g/mol. The number of carbonyl (C=O) groups is 1. The maximum atomic E-state index is 12.8. The summed E-state index contributed by atoms with van der Waals surface area (Å²) in [5, 5.41) is 11.0. The average Bonchev–Trinajstić information content (AvgIpc) is 2.82. The molecule has 1 aromatic heterocycles. The SMILES string of the molecule is CC(C)=C[C@H]1[C@H](C(=O)Nc2ccccc2-c2nnc(C)o2)C1(C)C. The van der Waals surface area contributed by atoms with Crippen LogP contribution < -0.4 is 5.32 Å². The van der Waals surface area contributed by atoms with Crippen LogP contribution >= 0.6 is 0 Å². The summed E-state index contributed by atoms with van der Waals surface area (Å²) in [7, 11) is 0. The first-order chi connectivity index (χ1) is 11.3. The summed E-state index contributed by atoms with van der Waals surface area (Å²) < 4.78 is 5.50. The highest BCUT2D eigenvalue weighted by Crippen LogP contribution is 2.59. The highest BCUT2D eigenvalue weighted by molar-refractivity contribution is 5.98. The van der Waals surface area contributed by atoms with Crippen LogP contribution in [0.3, 0.4) is 0 Å². The molecule has 5 nitrogen and oxygen atoms in total. The number of para-hydroxylation sites is 1. The largest absolute Gasteiger partial charge is 0.421 e. The van der Waals surface area contributed by atoms with E-state index in [1.54, 1.807) is 6.92 Å². The minimum absolute atomic E-state index is 0.0165. The Labute approximate surface area is 142 Å². The Kier molecular flexibility index (Phi) is 4.03. The van der Waals surface area contributed by atoms with Gasteiger partial charge in [0, 0.05) is 6.92 Å². The second kappa shape index (κ2) is 5.89. The van der Waals surface area contributed by atoms with E-state index in [-0.39, 0.29) is 23.2 Å². The number of hydrogen-bond donors (Lipinski definition) is 1. The van der Waals surface area contributed by atoms with E-state index in [1.165, 1.54) is 5.57 Å². The lowest BCUT2D eigenvalue weighted by molar-refractivity contribution is -0.118. The molecule has 5 heteroatoms. The van der Waals surface area contributed by atoms with E-state index >= 15 is 0 Å². The van der Waals surface area contributed by atoms with Crippen molar-refractivity contribution in [2.24, 2.45) is 17.3 Å². The van der Waals surface area contributed by atoms with Gasteiger partial charge < -0.3 is 9.73 Å². The fraction of sp³-hybridized carbons (Fsp3) is 0.421. The molecule has 1 aliphatic carbocycles. The summed E-state index contributed by atoms with van der Waals surface area (Å²) in [4.78, 5) is 12.8. The molecule has 0 unspecified atom stereocenters. The molecule has 1 N–H and O–H groups in total. The fourth-order valence-electron chi connectivity index (χ4n) is 3.24. The van der Waals surface area contributed by atoms with Crippen molar-refractivity contribution in [1.82, 2.24) is 10.2 Å². The van der Waals surface area contributed by atoms with Gasteiger partial charge in [-0.05, 0) is 37.3 Å². The molecule has 24 heavy (non-hydrogen) atoms. The van der Waals surface area contributed by atoms with Gasteiger partial charge in [-0.3, -0.25) is 4.79 Å². The second-order valence-electron chi connectivity index (χ2n) is 7.23. The van der Waals surface area contributed by atoms with Crippen LogP contribution in [0.25, 0.3) is 11.5 Å². The van der Waals surface area contributed by atoms with Gasteiger partial charge in [-0.15, -0.1) is 10.2 Å². The number of aromatic nitrogens is 2. The number of carbonyl (C=O) groups excluding carboxylic acids is 1. The third-order valence-corrected chi connectivity index (χ3v) is 4.65. The van der Waals surface area contributed by atoms with Gasteiger partial charge in [0.05, 0.1) is 17.2 Å². The van der Waals surface area contributed by atoms with Crippen molar-refractivity contribution in [3.05, 3.63) is 41.8 Å². The molecule has 0 aliphatic heterocycles. The van der Waals surface area contributed by atoms with Crippen molar-refractivity contribution in [3.8, 4) is 11.5 Å². The van der Waals surface area contributed by atoms with E-state index in [1.807, 2.05) is 24.3 Å². The van der Waals surface area contributed by atoms with E-state index in [9.17, 15) is 4.79 Å². The molecule has 0 bridgehead atoms. The zero-order chi connectivity index (χ0) is 17.5. The van der Waals surface area contributed by atoms with Crippen molar-refractivity contribution >= 4 is 11.6 Å². The zero-order valence-electron chi connectivity index (χ0n) is 14.8. The summed E-state index contributed by atoms with van der Waals surface area (Å²) in [6, 6.07) is 7.50. The fourth-order valence-corrected chi connectivity index (χ4v) is 3.24. The van der Waals surface area contributed by atoms with Crippen molar-refractivity contribution in [2.75, 3.05) is 5.32 Å². The van der Waals surface area contributed by atoms with Crippen molar-refractivity contribution in [3.63, 3.8) is 0 Å². The van der Waals surface area contributed by atoms with Crippen LogP contribution in [0, 0.1) is 24.2 Å². The summed E-state index contributed by atoms with van der Waals surface area (Å²) in [6.07, 6.45) is 2.19. The lowest BCUT2D eigenvalue weighted by Gasteiger charge is -2.09. The molecular formula is C19H23N3O2. The quantitative estimate of drug-likeness (QED) is 0.855. The van der Waals surface area contributed by atoms with Gasteiger partial charge in [0.25, 0.3) is 0 Å². The molecule has 0 spiro atoms. The standard InChI is InChI=1S/C19H23N3O2/c1-11(2)10-14-16(19(14,4)5)17(23)20-15-9-7-6-8-13(15)18-22-21-12(3)24-18/h6-10,14,16H,1-5H3,(H,20,23)/t14-,16+/m0/s1. The van der Waals surface area contributed by atoms with Gasteiger partial charge in [0.15, 0.2) is 0 Å². The van der Waals surface area contributed by atoms with Crippen molar-refractivity contribution < 1.29 is 9.21 Å². The molecule has 126 valence electrons. The second-order valence-corrected chi connectivity index (χ2v) is 7.23. The Morgan fingerprint density at radius 2 is 1.96 bits per heavy atom. The summed E-state index contributed by atoms with van der Waals surface area (Å²) in [6.45, 7) is 10.1. The predicted octanol–water partition coefficient (Wildman–Crippen LogP) is 4.22. The molecule has 0 saturated heterocycles. The number of aryl methyl sites for hydroxylation is 1. The molecule has 3 rings (SSSR count). The number of amides is 1. The topological polar surface area (TPSA) is 68.0 Å². The first kappa shape index (κ1) is 16.4. The molecule has 0 radical (unpaired) electrons. The summed E-state index contributed by atoms with van der Waals surface area (Å²) in [5.41, 5.74) is 2.66. The number of hydrogen-bond acceptors (Lipinski definition) is 4. The van der Waals surface area contributed by atoms with Gasteiger partial charge in [0.1, 0.15) is 0 Å². The number of nitrogens with zero attached hydrogens (tertiary/aromatic N) is 2. The molecule has 1 heterocycles. The van der Waals surface area contributed by atoms with Crippen LogP contribution in [0.1, 0.15) is 33.6 Å². The van der Waals surface area contributed by atoms with Crippen LogP contribution in [-0.2, 0) is 4.79 Å². The number of allylic oxidation sites excluding steroid dienone is 2. The smallest absolute Gasteiger partial charge is 0.249 e. The number of benzene rings is 1. The van der Waals surface area contributed by atoms with E-state index < -0.39 is 0 Å². The van der Waals surface area contributed by atoms with Gasteiger partial charge in [0.2, 0.25) is 17.7 Å². The monoisotopic (exact) mass is 325 g/mol. The van der Waals surface area contributed by atoms with E-state index in [4.69, 9.17) is 4.42 Å². The van der Waals surface area contributed by atoms with Crippen LogP contribution in [0.5, 0.6) is 0 Å². The average molecular weight is 325 g/mol. The molecule has 1 fully saturated rings. The van der Waals surface area contributed by atoms with Crippen LogP contribution in [-0.4, -0.2) is 16.1 Å². The molecule has 1 aliphatic rings. The number of anilines is 1. The Morgan fingerprint density at radius 3 is 2.58 bits per heavy atom. The minimum atomic E-state index is -0.0233. The Bertz CT molecular complexity index is 800. The summed E-state index contributed by atoms with van der Waals surface area (Å²) in [5.74, 6) is 1.20. The Balaban J connectivity index is 1.83. The van der Waals surface area contributed by atoms with Gasteiger partial charge in [-0.2, -0.15) is 0 Å². The normalized spacial score (nSPS) is 21.2. The maximum Gasteiger partial charge on any atom is 0.249 e. The van der Waals surface area contributed by atoms with Crippen molar-refractivity contribution in [1.29, 1.82) is 0 Å². The zero-order valence-corrected chi connectivity index (χ0v) is 14.8. The first-order valence-corrected chi connectivity index (χ1v) is 8.16.